The molecule has 0 spiro atoms. The lowest BCUT2D eigenvalue weighted by Crippen LogP contribution is -2.37. The van der Waals surface area contributed by atoms with Crippen LogP contribution in [0.2, 0.25) is 0 Å². The molecule has 2 N–H and O–H groups in total. The third-order valence-electron chi connectivity index (χ3n) is 2.65. The molecule has 21 heavy (non-hydrogen) atoms. The van der Waals surface area contributed by atoms with Gasteiger partial charge < -0.3 is 20.1 Å². The molecule has 120 valence electrons. The molecule has 1 heterocycles. The van der Waals surface area contributed by atoms with Gasteiger partial charge in [-0.25, -0.2) is 4.98 Å². The summed E-state index contributed by atoms with van der Waals surface area (Å²) < 4.78 is 10.3. The van der Waals surface area contributed by atoms with Gasteiger partial charge in [0.2, 0.25) is 5.88 Å². The highest BCUT2D eigenvalue weighted by molar-refractivity contribution is 14.0. The number of pyridine rings is 1. The van der Waals surface area contributed by atoms with Crippen LogP contribution in [-0.4, -0.2) is 44.9 Å². The molecule has 0 saturated heterocycles. The van der Waals surface area contributed by atoms with Gasteiger partial charge in [-0.05, 0) is 18.9 Å². The topological polar surface area (TPSA) is 67.8 Å². The van der Waals surface area contributed by atoms with Gasteiger partial charge in [0.25, 0.3) is 0 Å². The summed E-state index contributed by atoms with van der Waals surface area (Å²) in [5.41, 5.74) is 1.07. The molecular formula is C14H25IN4O2. The van der Waals surface area contributed by atoms with Crippen molar-refractivity contribution in [2.24, 2.45) is 4.99 Å². The van der Waals surface area contributed by atoms with Crippen LogP contribution in [-0.2, 0) is 11.3 Å². The number of ether oxygens (including phenoxy) is 2. The highest BCUT2D eigenvalue weighted by Gasteiger charge is 1.99. The molecule has 0 bridgehead atoms. The van der Waals surface area contributed by atoms with Crippen molar-refractivity contribution in [3.63, 3.8) is 0 Å². The Kier molecular flexibility index (Phi) is 12.0. The number of guanidine groups is 1. The highest BCUT2D eigenvalue weighted by Crippen LogP contribution is 2.05. The zero-order chi connectivity index (χ0) is 14.6. The second-order valence-corrected chi connectivity index (χ2v) is 4.11. The maximum Gasteiger partial charge on any atom is 0.212 e. The van der Waals surface area contributed by atoms with Gasteiger partial charge in [0, 0.05) is 45.6 Å². The van der Waals surface area contributed by atoms with Gasteiger partial charge in [0.05, 0.1) is 7.11 Å². The number of aromatic nitrogens is 1. The van der Waals surface area contributed by atoms with E-state index in [9.17, 15) is 0 Å². The molecule has 0 aliphatic carbocycles. The van der Waals surface area contributed by atoms with Crippen molar-refractivity contribution in [1.29, 1.82) is 0 Å². The largest absolute Gasteiger partial charge is 0.481 e. The van der Waals surface area contributed by atoms with E-state index < -0.39 is 0 Å². The third-order valence-corrected chi connectivity index (χ3v) is 2.65. The molecule has 7 heteroatoms. The smallest absolute Gasteiger partial charge is 0.212 e. The number of aliphatic imine (C=N–C) groups is 1. The van der Waals surface area contributed by atoms with Gasteiger partial charge >= 0.3 is 0 Å². The Hall–Kier alpha value is -1.09. The predicted molar refractivity (Wildman–Crippen MR) is 95.5 cm³/mol. The average molecular weight is 408 g/mol. The predicted octanol–water partition coefficient (Wildman–Crippen LogP) is 1.80. The third kappa shape index (κ3) is 8.71. The quantitative estimate of drug-likeness (QED) is 0.297. The normalized spacial score (nSPS) is 10.7. The molecule has 0 saturated carbocycles. The first kappa shape index (κ1) is 19.9. The summed E-state index contributed by atoms with van der Waals surface area (Å²) in [6.07, 6.45) is 2.74. The van der Waals surface area contributed by atoms with Crippen molar-refractivity contribution < 1.29 is 9.47 Å². The van der Waals surface area contributed by atoms with E-state index in [1.807, 2.05) is 19.1 Å². The first-order valence-corrected chi connectivity index (χ1v) is 6.81. The average Bonchev–Trinajstić information content (AvgIpc) is 2.50. The minimum Gasteiger partial charge on any atom is -0.481 e. The molecule has 0 radical (unpaired) electrons. The summed E-state index contributed by atoms with van der Waals surface area (Å²) in [5, 5.41) is 6.47. The fraction of sp³-hybridized carbons (Fsp3) is 0.571. The van der Waals surface area contributed by atoms with Gasteiger partial charge in [-0.1, -0.05) is 6.07 Å². The number of halogens is 1. The monoisotopic (exact) mass is 408 g/mol. The van der Waals surface area contributed by atoms with Crippen molar-refractivity contribution >= 4 is 29.9 Å². The number of nitrogens with zero attached hydrogens (tertiary/aromatic N) is 2. The molecule has 6 nitrogen and oxygen atoms in total. The second-order valence-electron chi connectivity index (χ2n) is 4.11. The minimum absolute atomic E-state index is 0. The first-order chi connectivity index (χ1) is 9.80. The van der Waals surface area contributed by atoms with Crippen LogP contribution in [0.25, 0.3) is 0 Å². The molecule has 0 aliphatic heterocycles. The number of rotatable bonds is 8. The van der Waals surface area contributed by atoms with Crippen LogP contribution in [0.4, 0.5) is 0 Å². The molecular weight excluding hydrogens is 383 g/mol. The molecule has 0 unspecified atom stereocenters. The molecule has 0 aliphatic rings. The summed E-state index contributed by atoms with van der Waals surface area (Å²) in [5.74, 6) is 1.39. The number of methoxy groups -OCH3 is 1. The summed E-state index contributed by atoms with van der Waals surface area (Å²) in [6.45, 7) is 5.03. The first-order valence-electron chi connectivity index (χ1n) is 6.81. The van der Waals surface area contributed by atoms with E-state index >= 15 is 0 Å². The Morgan fingerprint density at radius 3 is 2.71 bits per heavy atom. The van der Waals surface area contributed by atoms with Gasteiger partial charge in [-0.2, -0.15) is 0 Å². The lowest BCUT2D eigenvalue weighted by molar-refractivity contribution is 0.145. The molecule has 1 aromatic heterocycles. The summed E-state index contributed by atoms with van der Waals surface area (Å²) in [7, 11) is 3.36. The van der Waals surface area contributed by atoms with E-state index in [1.54, 1.807) is 20.4 Å². The minimum atomic E-state index is 0. The van der Waals surface area contributed by atoms with E-state index in [-0.39, 0.29) is 24.0 Å². The van der Waals surface area contributed by atoms with Gasteiger partial charge in [0.1, 0.15) is 0 Å². The number of hydrogen-bond donors (Lipinski definition) is 2. The zero-order valence-corrected chi connectivity index (χ0v) is 15.2. The van der Waals surface area contributed by atoms with Crippen molar-refractivity contribution in [1.82, 2.24) is 15.6 Å². The van der Waals surface area contributed by atoms with E-state index in [1.165, 1.54) is 0 Å². The summed E-state index contributed by atoms with van der Waals surface area (Å²) >= 11 is 0. The summed E-state index contributed by atoms with van der Waals surface area (Å²) in [4.78, 5) is 8.32. The Morgan fingerprint density at radius 2 is 2.14 bits per heavy atom. The van der Waals surface area contributed by atoms with Crippen LogP contribution in [0, 0.1) is 0 Å². The lowest BCUT2D eigenvalue weighted by Gasteiger charge is -2.11. The molecule has 0 fully saturated rings. The van der Waals surface area contributed by atoms with Crippen LogP contribution >= 0.6 is 24.0 Å². The Bertz CT molecular complexity index is 398. The van der Waals surface area contributed by atoms with Crippen LogP contribution in [0.5, 0.6) is 5.88 Å². The van der Waals surface area contributed by atoms with Crippen molar-refractivity contribution in [2.75, 3.05) is 33.9 Å². The standard InChI is InChI=1S/C14H24N4O2.HI/c1-4-20-9-5-8-16-14(15-2)18-11-12-6-7-13(19-3)17-10-12;/h6-7,10H,4-5,8-9,11H2,1-3H3,(H2,15,16,18);1H. The number of hydrogen-bond acceptors (Lipinski definition) is 4. The molecule has 0 amide bonds. The number of nitrogens with one attached hydrogen (secondary N) is 2. The van der Waals surface area contributed by atoms with E-state index in [0.717, 1.165) is 37.7 Å². The molecule has 0 aromatic carbocycles. The molecule has 1 aromatic rings. The van der Waals surface area contributed by atoms with E-state index in [2.05, 4.69) is 20.6 Å². The van der Waals surface area contributed by atoms with E-state index in [0.29, 0.717) is 12.4 Å². The van der Waals surface area contributed by atoms with Crippen LogP contribution < -0.4 is 15.4 Å². The van der Waals surface area contributed by atoms with Crippen molar-refractivity contribution in [3.05, 3.63) is 23.9 Å². The zero-order valence-electron chi connectivity index (χ0n) is 12.9. The van der Waals surface area contributed by atoms with Crippen LogP contribution in [0.1, 0.15) is 18.9 Å². The van der Waals surface area contributed by atoms with Crippen molar-refractivity contribution in [2.45, 2.75) is 19.9 Å². The van der Waals surface area contributed by atoms with Gasteiger partial charge in [0.15, 0.2) is 5.96 Å². The Balaban J connectivity index is 0.00000400. The Morgan fingerprint density at radius 1 is 1.33 bits per heavy atom. The van der Waals surface area contributed by atoms with Crippen LogP contribution in [0.15, 0.2) is 23.3 Å². The fourth-order valence-corrected chi connectivity index (χ4v) is 1.57. The summed E-state index contributed by atoms with van der Waals surface area (Å²) in [6, 6.07) is 3.82. The maximum absolute atomic E-state index is 5.28. The van der Waals surface area contributed by atoms with Gasteiger partial charge in [-0.3, -0.25) is 4.99 Å². The molecule has 0 atom stereocenters. The lowest BCUT2D eigenvalue weighted by atomic mass is 10.3. The van der Waals surface area contributed by atoms with Crippen molar-refractivity contribution in [3.8, 4) is 5.88 Å². The van der Waals surface area contributed by atoms with E-state index in [4.69, 9.17) is 9.47 Å². The molecule has 1 rings (SSSR count). The Labute approximate surface area is 143 Å². The highest BCUT2D eigenvalue weighted by atomic mass is 127. The second kappa shape index (κ2) is 12.6. The SMILES string of the molecule is CCOCCCNC(=NC)NCc1ccc(OC)nc1.I. The maximum atomic E-state index is 5.28. The fourth-order valence-electron chi connectivity index (χ4n) is 1.57. The van der Waals surface area contributed by atoms with Gasteiger partial charge in [-0.15, -0.1) is 24.0 Å². The van der Waals surface area contributed by atoms with Crippen LogP contribution in [0.3, 0.4) is 0 Å².